The van der Waals surface area contributed by atoms with Gasteiger partial charge in [-0.3, -0.25) is 0 Å². The zero-order valence-corrected chi connectivity index (χ0v) is 13.2. The van der Waals surface area contributed by atoms with Gasteiger partial charge >= 0.3 is 0 Å². The second-order valence-corrected chi connectivity index (χ2v) is 6.25. The highest BCUT2D eigenvalue weighted by atomic mass is 16.5. The molecule has 1 N–H and O–H groups in total. The Bertz CT molecular complexity index is 387. The lowest BCUT2D eigenvalue weighted by Gasteiger charge is -2.34. The van der Waals surface area contributed by atoms with Gasteiger partial charge in [-0.25, -0.2) is 0 Å². The van der Waals surface area contributed by atoms with Crippen LogP contribution in [0.25, 0.3) is 0 Å². The quantitative estimate of drug-likeness (QED) is 0.831. The van der Waals surface area contributed by atoms with E-state index in [4.69, 9.17) is 4.74 Å². The number of hydrogen-bond acceptors (Lipinski definition) is 2. The van der Waals surface area contributed by atoms with E-state index in [0.717, 1.165) is 37.2 Å². The molecule has 0 spiro atoms. The molecule has 0 radical (unpaired) electrons. The zero-order valence-electron chi connectivity index (χ0n) is 13.2. The molecule has 0 heterocycles. The molecule has 2 heteroatoms. The minimum absolute atomic E-state index is 0.676. The van der Waals surface area contributed by atoms with Crippen molar-refractivity contribution >= 4 is 0 Å². The summed E-state index contributed by atoms with van der Waals surface area (Å²) < 4.78 is 5.62. The summed E-state index contributed by atoms with van der Waals surface area (Å²) in [5, 5.41) is 3.74. The Kier molecular flexibility index (Phi) is 5.90. The summed E-state index contributed by atoms with van der Waals surface area (Å²) in [5.74, 6) is 2.62. The Balaban J connectivity index is 1.81. The van der Waals surface area contributed by atoms with Crippen LogP contribution in [0.2, 0.25) is 0 Å². The summed E-state index contributed by atoms with van der Waals surface area (Å²) in [5.41, 5.74) is 1.35. The molecular formula is C18H29NO. The van der Waals surface area contributed by atoms with Crippen LogP contribution in [0.3, 0.4) is 0 Å². The molecule has 0 aliphatic heterocycles. The van der Waals surface area contributed by atoms with Gasteiger partial charge < -0.3 is 10.1 Å². The van der Waals surface area contributed by atoms with Gasteiger partial charge in [0.25, 0.3) is 0 Å². The van der Waals surface area contributed by atoms with E-state index < -0.39 is 0 Å². The summed E-state index contributed by atoms with van der Waals surface area (Å²) in [6, 6.07) is 9.19. The van der Waals surface area contributed by atoms with E-state index in [1.807, 2.05) is 0 Å². The minimum atomic E-state index is 0.676. The van der Waals surface area contributed by atoms with E-state index in [2.05, 4.69) is 50.4 Å². The first-order valence-corrected chi connectivity index (χ1v) is 8.15. The Morgan fingerprint density at radius 1 is 1.15 bits per heavy atom. The molecule has 3 unspecified atom stereocenters. The molecule has 0 bridgehead atoms. The smallest absolute Gasteiger partial charge is 0.119 e. The lowest BCUT2D eigenvalue weighted by atomic mass is 9.78. The Labute approximate surface area is 123 Å². The third-order valence-corrected chi connectivity index (χ3v) is 4.67. The summed E-state index contributed by atoms with van der Waals surface area (Å²) in [6.45, 7) is 8.68. The van der Waals surface area contributed by atoms with Crippen molar-refractivity contribution in [2.75, 3.05) is 6.61 Å². The lowest BCUT2D eigenvalue weighted by Crippen LogP contribution is -2.40. The van der Waals surface area contributed by atoms with Gasteiger partial charge in [-0.15, -0.1) is 0 Å². The summed E-state index contributed by atoms with van der Waals surface area (Å²) in [7, 11) is 0. The second kappa shape index (κ2) is 7.68. The molecule has 1 aromatic carbocycles. The van der Waals surface area contributed by atoms with Gasteiger partial charge in [0.2, 0.25) is 0 Å². The van der Waals surface area contributed by atoms with Crippen LogP contribution in [-0.2, 0) is 6.54 Å². The van der Waals surface area contributed by atoms with Crippen molar-refractivity contribution in [3.05, 3.63) is 29.8 Å². The predicted molar refractivity (Wildman–Crippen MR) is 85.0 cm³/mol. The first kappa shape index (κ1) is 15.4. The Morgan fingerprint density at radius 3 is 2.60 bits per heavy atom. The van der Waals surface area contributed by atoms with Crippen LogP contribution in [0.1, 0.15) is 52.0 Å². The number of ether oxygens (including phenoxy) is 1. The highest BCUT2D eigenvalue weighted by Gasteiger charge is 2.26. The fraction of sp³-hybridized carbons (Fsp3) is 0.667. The molecule has 3 atom stereocenters. The van der Waals surface area contributed by atoms with Gasteiger partial charge in [-0.2, -0.15) is 0 Å². The predicted octanol–water partition coefficient (Wildman–Crippen LogP) is 4.39. The molecule has 112 valence electrons. The molecule has 20 heavy (non-hydrogen) atoms. The minimum Gasteiger partial charge on any atom is -0.494 e. The molecule has 0 amide bonds. The summed E-state index contributed by atoms with van der Waals surface area (Å²) in [4.78, 5) is 0. The van der Waals surface area contributed by atoms with Crippen LogP contribution in [0.15, 0.2) is 24.3 Å². The van der Waals surface area contributed by atoms with Crippen molar-refractivity contribution in [3.8, 4) is 5.75 Å². The molecule has 1 aliphatic rings. The summed E-state index contributed by atoms with van der Waals surface area (Å²) in [6.07, 6.45) is 5.14. The third kappa shape index (κ3) is 4.24. The maximum atomic E-state index is 5.62. The van der Waals surface area contributed by atoms with Crippen LogP contribution < -0.4 is 10.1 Å². The first-order valence-electron chi connectivity index (χ1n) is 8.15. The number of benzene rings is 1. The molecule has 1 fully saturated rings. The van der Waals surface area contributed by atoms with Crippen molar-refractivity contribution in [1.29, 1.82) is 0 Å². The lowest BCUT2D eigenvalue weighted by molar-refractivity contribution is 0.206. The average molecular weight is 275 g/mol. The normalized spacial score (nSPS) is 26.4. The Morgan fingerprint density at radius 2 is 1.90 bits per heavy atom. The molecule has 1 aromatic rings. The third-order valence-electron chi connectivity index (χ3n) is 4.67. The van der Waals surface area contributed by atoms with Gasteiger partial charge in [-0.1, -0.05) is 45.7 Å². The highest BCUT2D eigenvalue weighted by molar-refractivity contribution is 5.27. The molecule has 2 nitrogen and oxygen atoms in total. The van der Waals surface area contributed by atoms with Crippen LogP contribution in [-0.4, -0.2) is 12.6 Å². The molecule has 0 aromatic heterocycles. The van der Waals surface area contributed by atoms with Gasteiger partial charge in [0.15, 0.2) is 0 Å². The molecular weight excluding hydrogens is 246 g/mol. The standard InChI is InChI=1S/C18H29NO/c1-4-12-20-17-10-8-16(9-11-17)13-19-18-7-5-6-14(2)15(18)3/h8-11,14-15,18-19H,4-7,12-13H2,1-3H3. The van der Waals surface area contributed by atoms with Crippen LogP contribution in [0, 0.1) is 11.8 Å². The molecule has 0 saturated heterocycles. The maximum Gasteiger partial charge on any atom is 0.119 e. The first-order chi connectivity index (χ1) is 9.70. The summed E-state index contributed by atoms with van der Waals surface area (Å²) >= 11 is 0. The van der Waals surface area contributed by atoms with Crippen LogP contribution >= 0.6 is 0 Å². The number of hydrogen-bond donors (Lipinski definition) is 1. The van der Waals surface area contributed by atoms with Crippen LogP contribution in [0.5, 0.6) is 5.75 Å². The number of rotatable bonds is 6. The highest BCUT2D eigenvalue weighted by Crippen LogP contribution is 2.29. The van der Waals surface area contributed by atoms with Gasteiger partial charge in [0.05, 0.1) is 6.61 Å². The number of nitrogens with one attached hydrogen (secondary N) is 1. The van der Waals surface area contributed by atoms with Crippen LogP contribution in [0.4, 0.5) is 0 Å². The molecule has 1 aliphatic carbocycles. The fourth-order valence-corrected chi connectivity index (χ4v) is 3.04. The van der Waals surface area contributed by atoms with Crippen molar-refractivity contribution in [2.24, 2.45) is 11.8 Å². The van der Waals surface area contributed by atoms with Crippen molar-refractivity contribution in [3.63, 3.8) is 0 Å². The topological polar surface area (TPSA) is 21.3 Å². The second-order valence-electron chi connectivity index (χ2n) is 6.25. The Hall–Kier alpha value is -1.02. The maximum absolute atomic E-state index is 5.62. The van der Waals surface area contributed by atoms with E-state index in [1.165, 1.54) is 24.8 Å². The van der Waals surface area contributed by atoms with E-state index >= 15 is 0 Å². The van der Waals surface area contributed by atoms with Crippen molar-refractivity contribution in [1.82, 2.24) is 5.32 Å². The van der Waals surface area contributed by atoms with E-state index in [9.17, 15) is 0 Å². The average Bonchev–Trinajstić information content (AvgIpc) is 2.48. The zero-order chi connectivity index (χ0) is 14.4. The van der Waals surface area contributed by atoms with E-state index in [-0.39, 0.29) is 0 Å². The van der Waals surface area contributed by atoms with E-state index in [0.29, 0.717) is 6.04 Å². The van der Waals surface area contributed by atoms with Gasteiger partial charge in [-0.05, 0) is 42.4 Å². The SMILES string of the molecule is CCCOc1ccc(CNC2CCCC(C)C2C)cc1. The van der Waals surface area contributed by atoms with E-state index in [1.54, 1.807) is 0 Å². The van der Waals surface area contributed by atoms with Crippen molar-refractivity contribution in [2.45, 2.75) is 59.0 Å². The largest absolute Gasteiger partial charge is 0.494 e. The van der Waals surface area contributed by atoms with Gasteiger partial charge in [0, 0.05) is 12.6 Å². The molecule has 1 saturated carbocycles. The van der Waals surface area contributed by atoms with Crippen molar-refractivity contribution < 1.29 is 4.74 Å². The van der Waals surface area contributed by atoms with Gasteiger partial charge in [0.1, 0.15) is 5.75 Å². The monoisotopic (exact) mass is 275 g/mol. The fourth-order valence-electron chi connectivity index (χ4n) is 3.04. The molecule has 2 rings (SSSR count).